The summed E-state index contributed by atoms with van der Waals surface area (Å²) in [5.41, 5.74) is 8.60. The predicted octanol–water partition coefficient (Wildman–Crippen LogP) is 8.17. The molecule has 208 valence electrons. The van der Waals surface area contributed by atoms with Crippen LogP contribution < -0.4 is 9.47 Å². The lowest BCUT2D eigenvalue weighted by atomic mass is 10.1. The first-order valence-electron chi connectivity index (χ1n) is 13.3. The molecule has 2 unspecified atom stereocenters. The van der Waals surface area contributed by atoms with Crippen molar-refractivity contribution in [1.29, 1.82) is 0 Å². The lowest BCUT2D eigenvalue weighted by molar-refractivity contribution is 0.220. The minimum Gasteiger partial charge on any atom is -0.497 e. The van der Waals surface area contributed by atoms with Crippen LogP contribution in [0.3, 0.4) is 0 Å². The molecule has 0 aromatic heterocycles. The molecule has 4 nitrogen and oxygen atoms in total. The summed E-state index contributed by atoms with van der Waals surface area (Å²) in [5.74, 6) is 1.49. The molecule has 2 aromatic rings. The van der Waals surface area contributed by atoms with Gasteiger partial charge in [-0.3, -0.25) is 0 Å². The van der Waals surface area contributed by atoms with Gasteiger partial charge in [0.25, 0.3) is 0 Å². The zero-order valence-electron chi connectivity index (χ0n) is 25.5. The third kappa shape index (κ3) is 6.82. The van der Waals surface area contributed by atoms with E-state index in [9.17, 15) is 10.2 Å². The van der Waals surface area contributed by atoms with Gasteiger partial charge in [-0.05, 0) is 55.9 Å². The van der Waals surface area contributed by atoms with Crippen LogP contribution in [0.4, 0.5) is 0 Å². The van der Waals surface area contributed by atoms with Crippen molar-refractivity contribution in [2.75, 3.05) is 14.2 Å². The van der Waals surface area contributed by atoms with Gasteiger partial charge in [0.2, 0.25) is 0 Å². The minimum atomic E-state index is -2.23. The first-order chi connectivity index (χ1) is 17.4. The van der Waals surface area contributed by atoms with Crippen LogP contribution in [0, 0.1) is 0 Å². The van der Waals surface area contributed by atoms with Gasteiger partial charge in [-0.15, -0.1) is 0 Å². The van der Waals surface area contributed by atoms with Gasteiger partial charge >= 0.3 is 0 Å². The van der Waals surface area contributed by atoms with E-state index in [1.165, 1.54) is 0 Å². The molecule has 38 heavy (non-hydrogen) atoms. The van der Waals surface area contributed by atoms with Gasteiger partial charge in [0, 0.05) is 0 Å². The fourth-order valence-electron chi connectivity index (χ4n) is 3.98. The number of hydrogen-bond donors (Lipinski definition) is 2. The number of hydrogen-bond acceptors (Lipinski definition) is 4. The molecular weight excluding hydrogens is 505 g/mol. The average Bonchev–Trinajstić information content (AvgIpc) is 2.84. The van der Waals surface area contributed by atoms with Crippen molar-refractivity contribution in [3.05, 3.63) is 81.5 Å². The summed E-state index contributed by atoms with van der Waals surface area (Å²) in [6.45, 7) is 22.5. The van der Waals surface area contributed by atoms with Crippen LogP contribution in [-0.4, -0.2) is 40.6 Å². The van der Waals surface area contributed by atoms with Gasteiger partial charge in [0.05, 0.1) is 30.4 Å². The summed E-state index contributed by atoms with van der Waals surface area (Å²) in [4.78, 5) is 0. The van der Waals surface area contributed by atoms with Crippen LogP contribution >= 0.6 is 0 Å². The van der Waals surface area contributed by atoms with Crippen molar-refractivity contribution in [2.45, 2.75) is 90.0 Å². The summed E-state index contributed by atoms with van der Waals surface area (Å²) in [7, 11) is -1.20. The van der Waals surface area contributed by atoms with E-state index in [4.69, 9.17) is 9.47 Å². The SMILES string of the molecule is COc1ccc(C(O)C(=C=C=C(C(O)c2ccc(OC)cc2)[Si](C)(C)C(C)(C)C)[Si](C)(C)C(C)(C)C)cc1. The predicted molar refractivity (Wildman–Crippen MR) is 164 cm³/mol. The fraction of sp³-hybridized carbons (Fsp3) is 0.500. The summed E-state index contributed by atoms with van der Waals surface area (Å²) >= 11 is 0. The van der Waals surface area contributed by atoms with E-state index in [2.05, 4.69) is 79.2 Å². The summed E-state index contributed by atoms with van der Waals surface area (Å²) in [5, 5.41) is 25.1. The van der Waals surface area contributed by atoms with E-state index in [1.54, 1.807) is 14.2 Å². The number of aliphatic hydroxyl groups is 2. The second-order valence-electron chi connectivity index (χ2n) is 13.2. The van der Waals surface area contributed by atoms with Crippen LogP contribution in [0.5, 0.6) is 11.5 Å². The van der Waals surface area contributed by atoms with Gasteiger partial charge < -0.3 is 19.7 Å². The normalized spacial score (nSPS) is 14.2. The Morgan fingerprint density at radius 3 is 1.08 bits per heavy atom. The molecule has 0 heterocycles. The molecule has 2 atom stereocenters. The third-order valence-electron chi connectivity index (χ3n) is 8.84. The maximum Gasteiger partial charge on any atom is 0.118 e. The third-order valence-corrected chi connectivity index (χ3v) is 19.8. The van der Waals surface area contributed by atoms with E-state index in [0.717, 1.165) is 33.0 Å². The second kappa shape index (κ2) is 11.8. The minimum absolute atomic E-state index is 0.0315. The summed E-state index contributed by atoms with van der Waals surface area (Å²) in [6, 6.07) is 15.1. The zero-order chi connectivity index (χ0) is 29.1. The number of rotatable bonds is 8. The molecule has 0 aliphatic heterocycles. The maximum absolute atomic E-state index is 11.7. The van der Waals surface area contributed by atoms with E-state index < -0.39 is 28.4 Å². The smallest absolute Gasteiger partial charge is 0.118 e. The van der Waals surface area contributed by atoms with E-state index in [-0.39, 0.29) is 10.1 Å². The topological polar surface area (TPSA) is 58.9 Å². The number of benzene rings is 2. The summed E-state index contributed by atoms with van der Waals surface area (Å²) < 4.78 is 10.6. The first-order valence-corrected chi connectivity index (χ1v) is 19.3. The standard InChI is InChI=1S/C32H48O4Si2/c1-31(2,3)37(9,10)27(29(33)23-13-17-25(35-7)18-14-23)21-22-28(38(11,12)32(4,5)6)30(34)24-15-19-26(36-8)20-16-24/h13-20,29-30,33-34H,1-12H3. The van der Waals surface area contributed by atoms with Crippen LogP contribution in [0.15, 0.2) is 70.4 Å². The average molecular weight is 553 g/mol. The Labute approximate surface area is 232 Å². The molecule has 0 spiro atoms. The molecule has 6 heteroatoms. The first kappa shape index (κ1) is 31.9. The van der Waals surface area contributed by atoms with Gasteiger partial charge in [-0.25, -0.2) is 0 Å². The van der Waals surface area contributed by atoms with Crippen LogP contribution in [0.1, 0.15) is 64.9 Å². The fourth-order valence-corrected chi connectivity index (χ4v) is 8.05. The Bertz CT molecular complexity index is 1090. The highest BCUT2D eigenvalue weighted by Crippen LogP contribution is 2.46. The molecule has 2 N–H and O–H groups in total. The molecule has 0 amide bonds. The highest BCUT2D eigenvalue weighted by atomic mass is 28.3. The van der Waals surface area contributed by atoms with E-state index >= 15 is 0 Å². The maximum atomic E-state index is 11.7. The highest BCUT2D eigenvalue weighted by Gasteiger charge is 2.43. The largest absolute Gasteiger partial charge is 0.497 e. The Kier molecular flexibility index (Phi) is 9.94. The molecule has 0 aliphatic carbocycles. The molecular formula is C32H48O4Si2. The monoisotopic (exact) mass is 552 g/mol. The van der Waals surface area contributed by atoms with Crippen LogP contribution in [0.25, 0.3) is 0 Å². The number of aliphatic hydroxyl groups excluding tert-OH is 2. The Hall–Kier alpha value is -2.31. The molecule has 0 bridgehead atoms. The van der Waals surface area contributed by atoms with E-state index in [1.807, 2.05) is 48.5 Å². The lowest BCUT2D eigenvalue weighted by Gasteiger charge is -2.40. The quantitative estimate of drug-likeness (QED) is 0.256. The van der Waals surface area contributed by atoms with Crippen molar-refractivity contribution < 1.29 is 19.7 Å². The van der Waals surface area contributed by atoms with Gasteiger partial charge in [0.1, 0.15) is 23.7 Å². The lowest BCUT2D eigenvalue weighted by Crippen LogP contribution is -2.42. The van der Waals surface area contributed by atoms with Crippen molar-refractivity contribution >= 4 is 16.1 Å². The van der Waals surface area contributed by atoms with Gasteiger partial charge in [-0.1, -0.05) is 103 Å². The Morgan fingerprint density at radius 2 is 0.868 bits per heavy atom. The van der Waals surface area contributed by atoms with Crippen molar-refractivity contribution in [3.63, 3.8) is 0 Å². The molecule has 0 aliphatic rings. The molecule has 0 saturated heterocycles. The Balaban J connectivity index is 2.93. The van der Waals surface area contributed by atoms with Crippen molar-refractivity contribution in [1.82, 2.24) is 0 Å². The molecule has 2 rings (SSSR count). The molecule has 2 aromatic carbocycles. The van der Waals surface area contributed by atoms with E-state index in [0.29, 0.717) is 0 Å². The highest BCUT2D eigenvalue weighted by molar-refractivity contribution is 6.87. The molecule has 0 radical (unpaired) electrons. The van der Waals surface area contributed by atoms with Crippen molar-refractivity contribution in [3.8, 4) is 11.5 Å². The number of methoxy groups -OCH3 is 2. The van der Waals surface area contributed by atoms with Gasteiger partial charge in [0.15, 0.2) is 0 Å². The van der Waals surface area contributed by atoms with Gasteiger partial charge in [-0.2, -0.15) is 0 Å². The van der Waals surface area contributed by atoms with Crippen LogP contribution in [-0.2, 0) is 0 Å². The second-order valence-corrected chi connectivity index (χ2v) is 23.8. The van der Waals surface area contributed by atoms with Crippen molar-refractivity contribution in [2.24, 2.45) is 0 Å². The zero-order valence-corrected chi connectivity index (χ0v) is 27.5. The summed E-state index contributed by atoms with van der Waals surface area (Å²) in [6.07, 6.45) is -1.65. The van der Waals surface area contributed by atoms with Crippen LogP contribution in [0.2, 0.25) is 36.3 Å². The Morgan fingerprint density at radius 1 is 0.605 bits per heavy atom. The number of ether oxygens (including phenoxy) is 2. The molecule has 0 fully saturated rings. The molecule has 0 saturated carbocycles.